The molecular weight excluding hydrogens is 322 g/mol. The van der Waals surface area contributed by atoms with Crippen LogP contribution in [-0.4, -0.2) is 5.91 Å². The molecule has 0 atom stereocenters. The van der Waals surface area contributed by atoms with Crippen molar-refractivity contribution in [3.8, 4) is 23.3 Å². The summed E-state index contributed by atoms with van der Waals surface area (Å²) in [7, 11) is 0. The molecule has 0 aromatic heterocycles. The number of nitrogens with one attached hydrogen (secondary N) is 1. The molecule has 0 saturated carbocycles. The maximum Gasteiger partial charge on any atom is 0.252 e. The molecule has 0 saturated heterocycles. The van der Waals surface area contributed by atoms with Crippen molar-refractivity contribution in [1.82, 2.24) is 5.32 Å². The molecule has 1 N–H and O–H groups in total. The monoisotopic (exact) mass is 337 g/mol. The SMILES string of the molecule is N#Cc1cccc(CNC(=O)c2ccccc2-c2ccccc2C#N)c1. The molecule has 0 aliphatic carbocycles. The highest BCUT2D eigenvalue weighted by Gasteiger charge is 2.14. The Balaban J connectivity index is 1.87. The summed E-state index contributed by atoms with van der Waals surface area (Å²) in [5, 5.41) is 21.2. The highest BCUT2D eigenvalue weighted by molar-refractivity contribution is 6.01. The molecule has 0 heterocycles. The Kier molecular flexibility index (Phi) is 5.08. The number of hydrogen-bond donors (Lipinski definition) is 1. The van der Waals surface area contributed by atoms with Crippen molar-refractivity contribution in [3.05, 3.63) is 95.1 Å². The van der Waals surface area contributed by atoms with Crippen LogP contribution in [0.4, 0.5) is 0 Å². The summed E-state index contributed by atoms with van der Waals surface area (Å²) in [5.74, 6) is -0.226. The molecule has 26 heavy (non-hydrogen) atoms. The molecule has 0 aliphatic rings. The number of carbonyl (C=O) groups excluding carboxylic acids is 1. The van der Waals surface area contributed by atoms with E-state index in [4.69, 9.17) is 5.26 Å². The molecule has 3 aromatic rings. The Morgan fingerprint density at radius 2 is 1.58 bits per heavy atom. The molecule has 1 amide bonds. The van der Waals surface area contributed by atoms with Crippen molar-refractivity contribution in [2.45, 2.75) is 6.54 Å². The van der Waals surface area contributed by atoms with Crippen LogP contribution in [0.3, 0.4) is 0 Å². The molecule has 0 radical (unpaired) electrons. The Bertz CT molecular complexity index is 1040. The lowest BCUT2D eigenvalue weighted by atomic mass is 9.95. The fraction of sp³-hybridized carbons (Fsp3) is 0.0455. The van der Waals surface area contributed by atoms with Gasteiger partial charge >= 0.3 is 0 Å². The third-order valence-corrected chi connectivity index (χ3v) is 4.02. The summed E-state index contributed by atoms with van der Waals surface area (Å²) in [6.07, 6.45) is 0. The molecular formula is C22H15N3O. The van der Waals surface area contributed by atoms with Gasteiger partial charge in [-0.05, 0) is 35.4 Å². The lowest BCUT2D eigenvalue weighted by molar-refractivity contribution is 0.0951. The molecule has 4 heteroatoms. The number of carbonyl (C=O) groups is 1. The Hall–Kier alpha value is -3.89. The summed E-state index contributed by atoms with van der Waals surface area (Å²) in [4.78, 5) is 12.7. The van der Waals surface area contributed by atoms with E-state index in [1.807, 2.05) is 30.3 Å². The van der Waals surface area contributed by atoms with E-state index < -0.39 is 0 Å². The molecule has 0 fully saturated rings. The topological polar surface area (TPSA) is 76.7 Å². The van der Waals surface area contributed by atoms with Gasteiger partial charge in [0.2, 0.25) is 0 Å². The fourth-order valence-corrected chi connectivity index (χ4v) is 2.76. The Morgan fingerprint density at radius 1 is 0.846 bits per heavy atom. The van der Waals surface area contributed by atoms with Crippen LogP contribution >= 0.6 is 0 Å². The summed E-state index contributed by atoms with van der Waals surface area (Å²) in [6, 6.07) is 25.8. The van der Waals surface area contributed by atoms with E-state index in [0.717, 1.165) is 11.1 Å². The smallest absolute Gasteiger partial charge is 0.252 e. The summed E-state index contributed by atoms with van der Waals surface area (Å²) >= 11 is 0. The van der Waals surface area contributed by atoms with Crippen LogP contribution in [0.5, 0.6) is 0 Å². The van der Waals surface area contributed by atoms with Crippen LogP contribution in [0, 0.1) is 22.7 Å². The quantitative estimate of drug-likeness (QED) is 0.781. The second kappa shape index (κ2) is 7.79. The second-order valence-electron chi connectivity index (χ2n) is 5.70. The van der Waals surface area contributed by atoms with Gasteiger partial charge < -0.3 is 5.32 Å². The van der Waals surface area contributed by atoms with E-state index in [0.29, 0.717) is 28.8 Å². The van der Waals surface area contributed by atoms with E-state index in [9.17, 15) is 10.1 Å². The molecule has 4 nitrogen and oxygen atoms in total. The average Bonchev–Trinajstić information content (AvgIpc) is 2.72. The normalized spacial score (nSPS) is 9.77. The largest absolute Gasteiger partial charge is 0.348 e. The van der Waals surface area contributed by atoms with E-state index in [1.54, 1.807) is 42.5 Å². The van der Waals surface area contributed by atoms with Crippen LogP contribution in [0.25, 0.3) is 11.1 Å². The molecule has 0 aliphatic heterocycles. The van der Waals surface area contributed by atoms with Gasteiger partial charge in [0, 0.05) is 17.7 Å². The van der Waals surface area contributed by atoms with Crippen molar-refractivity contribution in [2.24, 2.45) is 0 Å². The maximum absolute atomic E-state index is 12.7. The molecule has 3 rings (SSSR count). The zero-order valence-electron chi connectivity index (χ0n) is 13.9. The predicted octanol–water partition coefficient (Wildman–Crippen LogP) is 4.03. The first-order valence-electron chi connectivity index (χ1n) is 8.08. The third kappa shape index (κ3) is 3.61. The van der Waals surface area contributed by atoms with Crippen LogP contribution in [0.1, 0.15) is 27.0 Å². The zero-order chi connectivity index (χ0) is 18.4. The molecule has 0 unspecified atom stereocenters. The lowest BCUT2D eigenvalue weighted by Gasteiger charge is -2.11. The van der Waals surface area contributed by atoms with Crippen LogP contribution < -0.4 is 5.32 Å². The first-order valence-corrected chi connectivity index (χ1v) is 8.08. The van der Waals surface area contributed by atoms with Gasteiger partial charge in [-0.2, -0.15) is 10.5 Å². The second-order valence-corrected chi connectivity index (χ2v) is 5.70. The van der Waals surface area contributed by atoms with Gasteiger partial charge in [0.15, 0.2) is 0 Å². The van der Waals surface area contributed by atoms with Crippen molar-refractivity contribution in [1.29, 1.82) is 10.5 Å². The van der Waals surface area contributed by atoms with Crippen molar-refractivity contribution in [3.63, 3.8) is 0 Å². The van der Waals surface area contributed by atoms with Crippen LogP contribution in [-0.2, 0) is 6.54 Å². The number of nitriles is 2. The van der Waals surface area contributed by atoms with Gasteiger partial charge in [0.25, 0.3) is 5.91 Å². The molecule has 0 spiro atoms. The summed E-state index contributed by atoms with van der Waals surface area (Å²) in [6.45, 7) is 0.322. The van der Waals surface area contributed by atoms with Gasteiger partial charge in [0.05, 0.1) is 23.3 Å². The highest BCUT2D eigenvalue weighted by atomic mass is 16.1. The highest BCUT2D eigenvalue weighted by Crippen LogP contribution is 2.26. The van der Waals surface area contributed by atoms with Gasteiger partial charge in [-0.15, -0.1) is 0 Å². The fourth-order valence-electron chi connectivity index (χ4n) is 2.76. The summed E-state index contributed by atoms with van der Waals surface area (Å²) < 4.78 is 0. The molecule has 3 aromatic carbocycles. The lowest BCUT2D eigenvalue weighted by Crippen LogP contribution is -2.23. The number of benzene rings is 3. The molecule has 0 bridgehead atoms. The average molecular weight is 337 g/mol. The Morgan fingerprint density at radius 3 is 2.35 bits per heavy atom. The predicted molar refractivity (Wildman–Crippen MR) is 98.9 cm³/mol. The zero-order valence-corrected chi connectivity index (χ0v) is 13.9. The van der Waals surface area contributed by atoms with Gasteiger partial charge in [-0.3, -0.25) is 4.79 Å². The van der Waals surface area contributed by atoms with Gasteiger partial charge in [-0.25, -0.2) is 0 Å². The van der Waals surface area contributed by atoms with Crippen LogP contribution in [0.2, 0.25) is 0 Å². The third-order valence-electron chi connectivity index (χ3n) is 4.02. The van der Waals surface area contributed by atoms with E-state index >= 15 is 0 Å². The van der Waals surface area contributed by atoms with Gasteiger partial charge in [-0.1, -0.05) is 48.5 Å². The standard InChI is InChI=1S/C22H15N3O/c23-13-16-6-5-7-17(12-16)15-25-22(26)21-11-4-3-10-20(21)19-9-2-1-8-18(19)14-24/h1-12H,15H2,(H,25,26). The van der Waals surface area contributed by atoms with Crippen molar-refractivity contribution in [2.75, 3.05) is 0 Å². The number of nitrogens with zero attached hydrogens (tertiary/aromatic N) is 2. The number of rotatable bonds is 4. The molecule has 124 valence electrons. The van der Waals surface area contributed by atoms with E-state index in [-0.39, 0.29) is 5.91 Å². The number of amides is 1. The van der Waals surface area contributed by atoms with Gasteiger partial charge in [0.1, 0.15) is 0 Å². The minimum Gasteiger partial charge on any atom is -0.348 e. The van der Waals surface area contributed by atoms with Crippen molar-refractivity contribution < 1.29 is 4.79 Å². The first kappa shape index (κ1) is 17.0. The minimum atomic E-state index is -0.226. The van der Waals surface area contributed by atoms with Crippen LogP contribution in [0.15, 0.2) is 72.8 Å². The first-order chi connectivity index (χ1) is 12.7. The number of hydrogen-bond acceptors (Lipinski definition) is 3. The Labute approximate surface area is 152 Å². The maximum atomic E-state index is 12.7. The summed E-state index contributed by atoms with van der Waals surface area (Å²) in [5.41, 5.74) is 3.88. The van der Waals surface area contributed by atoms with Crippen molar-refractivity contribution >= 4 is 5.91 Å². The van der Waals surface area contributed by atoms with E-state index in [1.165, 1.54) is 0 Å². The van der Waals surface area contributed by atoms with E-state index in [2.05, 4.69) is 17.5 Å². The minimum absolute atomic E-state index is 0.226.